The minimum atomic E-state index is -0.378. The molecule has 0 spiro atoms. The van der Waals surface area contributed by atoms with Crippen molar-refractivity contribution in [2.45, 2.75) is 6.92 Å². The first-order valence-corrected chi connectivity index (χ1v) is 7.31. The van der Waals surface area contributed by atoms with Gasteiger partial charge in [-0.2, -0.15) is 5.10 Å². The third kappa shape index (κ3) is 3.41. The quantitative estimate of drug-likeness (QED) is 0.492. The van der Waals surface area contributed by atoms with E-state index in [1.54, 1.807) is 12.1 Å². The Morgan fingerprint density at radius 1 is 1.53 bits per heavy atom. The minimum Gasteiger partial charge on any atom is -0.493 e. The molecule has 100 valence electrons. The molecule has 0 saturated carbocycles. The van der Waals surface area contributed by atoms with E-state index >= 15 is 0 Å². The normalized spacial score (nSPS) is 10.9. The monoisotopic (exact) mass is 391 g/mol. The molecular formula is C12H11FIN3OS. The van der Waals surface area contributed by atoms with Crippen LogP contribution in [-0.4, -0.2) is 18.3 Å². The van der Waals surface area contributed by atoms with Crippen LogP contribution in [0.4, 0.5) is 9.52 Å². The number of ether oxygens (including phenoxy) is 1. The number of methoxy groups -OCH3 is 1. The second-order valence-electron chi connectivity index (χ2n) is 3.65. The van der Waals surface area contributed by atoms with Crippen LogP contribution in [0.2, 0.25) is 0 Å². The molecule has 1 heterocycles. The van der Waals surface area contributed by atoms with E-state index < -0.39 is 0 Å². The first kappa shape index (κ1) is 14.2. The largest absolute Gasteiger partial charge is 0.493 e. The van der Waals surface area contributed by atoms with Crippen LogP contribution in [0.15, 0.2) is 22.6 Å². The summed E-state index contributed by atoms with van der Waals surface area (Å²) in [4.78, 5) is 4.20. The van der Waals surface area contributed by atoms with Gasteiger partial charge in [0, 0.05) is 10.9 Å². The number of aromatic nitrogens is 1. The number of halogens is 2. The third-order valence-corrected chi connectivity index (χ3v) is 3.97. The topological polar surface area (TPSA) is 46.5 Å². The molecule has 0 radical (unpaired) electrons. The van der Waals surface area contributed by atoms with Crippen LogP contribution in [0.1, 0.15) is 11.3 Å². The zero-order valence-corrected chi connectivity index (χ0v) is 13.3. The van der Waals surface area contributed by atoms with Crippen molar-refractivity contribution < 1.29 is 9.13 Å². The first-order valence-electron chi connectivity index (χ1n) is 5.35. The molecule has 19 heavy (non-hydrogen) atoms. The summed E-state index contributed by atoms with van der Waals surface area (Å²) in [6.07, 6.45) is 1.51. The van der Waals surface area contributed by atoms with Crippen LogP contribution in [0, 0.1) is 16.3 Å². The number of nitrogens with one attached hydrogen (secondary N) is 1. The van der Waals surface area contributed by atoms with Gasteiger partial charge in [-0.05, 0) is 41.6 Å². The predicted molar refractivity (Wildman–Crippen MR) is 83.7 cm³/mol. The lowest BCUT2D eigenvalue weighted by Gasteiger charge is -2.06. The van der Waals surface area contributed by atoms with Gasteiger partial charge in [0.05, 0.1) is 22.6 Å². The van der Waals surface area contributed by atoms with Crippen molar-refractivity contribution >= 4 is 45.3 Å². The van der Waals surface area contributed by atoms with Crippen molar-refractivity contribution in [3.05, 3.63) is 38.2 Å². The Hall–Kier alpha value is -1.22. The lowest BCUT2D eigenvalue weighted by atomic mass is 10.2. The molecule has 2 rings (SSSR count). The van der Waals surface area contributed by atoms with Crippen molar-refractivity contribution in [2.24, 2.45) is 5.10 Å². The highest BCUT2D eigenvalue weighted by molar-refractivity contribution is 14.1. The lowest BCUT2D eigenvalue weighted by Crippen LogP contribution is -1.98. The van der Waals surface area contributed by atoms with E-state index in [4.69, 9.17) is 4.74 Å². The van der Waals surface area contributed by atoms with Gasteiger partial charge in [0.25, 0.3) is 0 Å². The minimum absolute atomic E-state index is 0.188. The summed E-state index contributed by atoms with van der Waals surface area (Å²) in [5.41, 5.74) is 4.30. The average molecular weight is 391 g/mol. The molecule has 1 N–H and O–H groups in total. The maximum absolute atomic E-state index is 13.8. The van der Waals surface area contributed by atoms with Crippen molar-refractivity contribution in [1.29, 1.82) is 0 Å². The van der Waals surface area contributed by atoms with Gasteiger partial charge in [0.2, 0.25) is 5.13 Å². The molecule has 0 unspecified atom stereocenters. The lowest BCUT2D eigenvalue weighted by molar-refractivity contribution is 0.384. The van der Waals surface area contributed by atoms with E-state index in [1.165, 1.54) is 24.7 Å². The number of rotatable bonds is 4. The molecular weight excluding hydrogens is 380 g/mol. The maximum atomic E-state index is 13.8. The fraction of sp³-hybridized carbons (Fsp3) is 0.167. The molecule has 0 amide bonds. The van der Waals surface area contributed by atoms with E-state index in [2.05, 4.69) is 15.5 Å². The van der Waals surface area contributed by atoms with Gasteiger partial charge in [0.1, 0.15) is 0 Å². The summed E-state index contributed by atoms with van der Waals surface area (Å²) in [6, 6.07) is 3.43. The predicted octanol–water partition coefficient (Wildman–Crippen LogP) is 3.65. The van der Waals surface area contributed by atoms with Crippen LogP contribution in [0.5, 0.6) is 5.75 Å². The molecule has 4 nitrogen and oxygen atoms in total. The Bertz CT molecular complexity index is 615. The Morgan fingerprint density at radius 2 is 2.32 bits per heavy atom. The Morgan fingerprint density at radius 3 is 2.95 bits per heavy atom. The standard InChI is InChI=1S/C12H11FIN3OS/c1-7-6-19-12(16-7)17-15-5-8-3-4-9(14)10(13)11(8)18-2/h3-6H,1-2H3,(H,16,17). The molecule has 7 heteroatoms. The molecule has 0 aliphatic rings. The highest BCUT2D eigenvalue weighted by Crippen LogP contribution is 2.25. The average Bonchev–Trinajstić information content (AvgIpc) is 2.80. The van der Waals surface area contributed by atoms with E-state index in [-0.39, 0.29) is 11.6 Å². The summed E-state index contributed by atoms with van der Waals surface area (Å²) < 4.78 is 19.4. The molecule has 2 aromatic rings. The molecule has 1 aromatic carbocycles. The van der Waals surface area contributed by atoms with Crippen molar-refractivity contribution in [3.63, 3.8) is 0 Å². The van der Waals surface area contributed by atoms with Gasteiger partial charge in [0.15, 0.2) is 11.6 Å². The zero-order valence-electron chi connectivity index (χ0n) is 10.3. The first-order chi connectivity index (χ1) is 9.11. The maximum Gasteiger partial charge on any atom is 0.203 e. The summed E-state index contributed by atoms with van der Waals surface area (Å²) in [7, 11) is 1.43. The van der Waals surface area contributed by atoms with Crippen LogP contribution < -0.4 is 10.2 Å². The van der Waals surface area contributed by atoms with Crippen LogP contribution in [-0.2, 0) is 0 Å². The van der Waals surface area contributed by atoms with Crippen molar-refractivity contribution in [3.8, 4) is 5.75 Å². The smallest absolute Gasteiger partial charge is 0.203 e. The fourth-order valence-corrected chi connectivity index (χ4v) is 2.48. The number of hydrazone groups is 1. The summed E-state index contributed by atoms with van der Waals surface area (Å²) in [5.74, 6) is -0.190. The Kier molecular flexibility index (Phi) is 4.70. The molecule has 0 saturated heterocycles. The fourth-order valence-electron chi connectivity index (χ4n) is 1.42. The van der Waals surface area contributed by atoms with Crippen molar-refractivity contribution in [2.75, 3.05) is 12.5 Å². The number of thiazole rings is 1. The van der Waals surface area contributed by atoms with Crippen LogP contribution in [0.25, 0.3) is 0 Å². The summed E-state index contributed by atoms with van der Waals surface area (Å²) >= 11 is 3.37. The number of hydrogen-bond donors (Lipinski definition) is 1. The second kappa shape index (κ2) is 6.29. The van der Waals surface area contributed by atoms with Gasteiger partial charge in [-0.3, -0.25) is 5.43 Å². The third-order valence-electron chi connectivity index (χ3n) is 2.27. The molecule has 0 aliphatic heterocycles. The highest BCUT2D eigenvalue weighted by Gasteiger charge is 2.11. The molecule has 0 atom stereocenters. The van der Waals surface area contributed by atoms with Crippen molar-refractivity contribution in [1.82, 2.24) is 4.98 Å². The van der Waals surface area contributed by atoms with Gasteiger partial charge < -0.3 is 4.74 Å². The molecule has 0 bridgehead atoms. The van der Waals surface area contributed by atoms with E-state index in [1.807, 2.05) is 34.9 Å². The van der Waals surface area contributed by atoms with Crippen LogP contribution >= 0.6 is 33.9 Å². The number of hydrogen-bond acceptors (Lipinski definition) is 5. The Balaban J connectivity index is 2.17. The number of benzene rings is 1. The van der Waals surface area contributed by atoms with Gasteiger partial charge in [-0.1, -0.05) is 0 Å². The van der Waals surface area contributed by atoms with Crippen LogP contribution in [0.3, 0.4) is 0 Å². The number of aryl methyl sites for hydroxylation is 1. The van der Waals surface area contributed by atoms with Gasteiger partial charge in [-0.25, -0.2) is 9.37 Å². The molecule has 1 aromatic heterocycles. The zero-order chi connectivity index (χ0) is 13.8. The molecule has 0 aliphatic carbocycles. The van der Waals surface area contributed by atoms with E-state index in [9.17, 15) is 4.39 Å². The Labute approximate surface area is 127 Å². The SMILES string of the molecule is COc1c(C=NNc2nc(C)cs2)ccc(I)c1F. The summed E-state index contributed by atoms with van der Waals surface area (Å²) in [6.45, 7) is 1.91. The molecule has 0 fully saturated rings. The second-order valence-corrected chi connectivity index (χ2v) is 5.67. The summed E-state index contributed by atoms with van der Waals surface area (Å²) in [5, 5.41) is 6.64. The van der Waals surface area contributed by atoms with Gasteiger partial charge >= 0.3 is 0 Å². The number of nitrogens with zero attached hydrogens (tertiary/aromatic N) is 2. The number of anilines is 1. The highest BCUT2D eigenvalue weighted by atomic mass is 127. The van der Waals surface area contributed by atoms with E-state index in [0.29, 0.717) is 14.3 Å². The van der Waals surface area contributed by atoms with Gasteiger partial charge in [-0.15, -0.1) is 11.3 Å². The van der Waals surface area contributed by atoms with E-state index in [0.717, 1.165) is 5.69 Å².